The third-order valence-electron chi connectivity index (χ3n) is 3.06. The molecule has 17 heavy (non-hydrogen) atoms. The molecule has 0 fully saturated rings. The Morgan fingerprint density at radius 1 is 1.18 bits per heavy atom. The van der Waals surface area contributed by atoms with Crippen molar-refractivity contribution in [2.75, 3.05) is 13.1 Å². The van der Waals surface area contributed by atoms with Crippen LogP contribution in [0, 0.1) is 0 Å². The van der Waals surface area contributed by atoms with E-state index in [1.165, 1.54) is 11.1 Å². The zero-order valence-corrected chi connectivity index (χ0v) is 11.6. The molecule has 0 aliphatic carbocycles. The van der Waals surface area contributed by atoms with Crippen molar-refractivity contribution in [3.05, 3.63) is 35.4 Å². The Morgan fingerprint density at radius 3 is 2.18 bits per heavy atom. The van der Waals surface area contributed by atoms with Crippen LogP contribution in [0.3, 0.4) is 0 Å². The van der Waals surface area contributed by atoms with Crippen molar-refractivity contribution in [1.29, 1.82) is 0 Å². The molecule has 0 radical (unpaired) electrons. The van der Waals surface area contributed by atoms with E-state index in [1.54, 1.807) is 0 Å². The monoisotopic (exact) mass is 234 g/mol. The molecular formula is C15H26N2. The Labute approximate surface area is 106 Å². The standard InChI is InChI=1S/C15H26N2/c1-5-10-17-14(11-16)12-6-8-13(9-7-12)15(2,3)4/h6-9,14,17H,5,10-11,16H2,1-4H3. The van der Waals surface area contributed by atoms with Crippen LogP contribution >= 0.6 is 0 Å². The number of hydrogen-bond acceptors (Lipinski definition) is 2. The van der Waals surface area contributed by atoms with Crippen molar-refractivity contribution in [2.45, 2.75) is 45.6 Å². The van der Waals surface area contributed by atoms with Gasteiger partial charge in [-0.15, -0.1) is 0 Å². The molecule has 1 aromatic carbocycles. The highest BCUT2D eigenvalue weighted by Crippen LogP contribution is 2.23. The summed E-state index contributed by atoms with van der Waals surface area (Å²) in [6, 6.07) is 9.10. The van der Waals surface area contributed by atoms with E-state index >= 15 is 0 Å². The molecule has 3 N–H and O–H groups in total. The predicted octanol–water partition coefficient (Wildman–Crippen LogP) is 2.98. The lowest BCUT2D eigenvalue weighted by Gasteiger charge is -2.21. The van der Waals surface area contributed by atoms with E-state index in [-0.39, 0.29) is 11.5 Å². The van der Waals surface area contributed by atoms with E-state index in [1.807, 2.05) is 0 Å². The van der Waals surface area contributed by atoms with E-state index in [4.69, 9.17) is 5.73 Å². The second kappa shape index (κ2) is 6.18. The first-order valence-corrected chi connectivity index (χ1v) is 6.53. The second-order valence-electron chi connectivity index (χ2n) is 5.61. The molecule has 0 aliphatic rings. The molecule has 0 aliphatic heterocycles. The molecule has 1 aromatic rings. The molecule has 0 spiro atoms. The highest BCUT2D eigenvalue weighted by atomic mass is 14.9. The highest BCUT2D eigenvalue weighted by Gasteiger charge is 2.14. The van der Waals surface area contributed by atoms with Gasteiger partial charge in [0.05, 0.1) is 0 Å². The Bertz CT molecular complexity index is 322. The third-order valence-corrected chi connectivity index (χ3v) is 3.06. The summed E-state index contributed by atoms with van der Waals surface area (Å²) < 4.78 is 0. The average Bonchev–Trinajstić information content (AvgIpc) is 2.29. The first-order valence-electron chi connectivity index (χ1n) is 6.53. The van der Waals surface area contributed by atoms with Crippen molar-refractivity contribution in [3.63, 3.8) is 0 Å². The predicted molar refractivity (Wildman–Crippen MR) is 75.2 cm³/mol. The minimum Gasteiger partial charge on any atom is -0.329 e. The first kappa shape index (κ1) is 14.2. The van der Waals surface area contributed by atoms with Crippen molar-refractivity contribution >= 4 is 0 Å². The highest BCUT2D eigenvalue weighted by molar-refractivity contribution is 5.29. The molecule has 96 valence electrons. The van der Waals surface area contributed by atoms with Gasteiger partial charge in [0.25, 0.3) is 0 Å². The third kappa shape index (κ3) is 4.14. The Kier molecular flexibility index (Phi) is 5.16. The van der Waals surface area contributed by atoms with E-state index < -0.39 is 0 Å². The molecule has 0 amide bonds. The van der Waals surface area contributed by atoms with Crippen LogP contribution in [-0.4, -0.2) is 13.1 Å². The van der Waals surface area contributed by atoms with Crippen molar-refractivity contribution in [2.24, 2.45) is 5.73 Å². The summed E-state index contributed by atoms with van der Waals surface area (Å²) >= 11 is 0. The normalized spacial score (nSPS) is 13.7. The van der Waals surface area contributed by atoms with Gasteiger partial charge in [-0.3, -0.25) is 0 Å². The van der Waals surface area contributed by atoms with Crippen LogP contribution in [0.4, 0.5) is 0 Å². The van der Waals surface area contributed by atoms with Crippen molar-refractivity contribution in [1.82, 2.24) is 5.32 Å². The number of nitrogens with two attached hydrogens (primary N) is 1. The SMILES string of the molecule is CCCNC(CN)c1ccc(C(C)(C)C)cc1. The summed E-state index contributed by atoms with van der Waals surface area (Å²) in [6.07, 6.45) is 1.14. The van der Waals surface area contributed by atoms with Gasteiger partial charge in [0.1, 0.15) is 0 Å². The van der Waals surface area contributed by atoms with Gasteiger partial charge in [0.15, 0.2) is 0 Å². The summed E-state index contributed by atoms with van der Waals surface area (Å²) in [6.45, 7) is 10.5. The molecule has 0 bridgehead atoms. The molecule has 2 nitrogen and oxygen atoms in total. The molecule has 0 saturated carbocycles. The van der Waals surface area contributed by atoms with E-state index in [0.717, 1.165) is 13.0 Å². The zero-order chi connectivity index (χ0) is 12.9. The van der Waals surface area contributed by atoms with Crippen molar-refractivity contribution < 1.29 is 0 Å². The van der Waals surface area contributed by atoms with Gasteiger partial charge in [-0.25, -0.2) is 0 Å². The molecule has 0 saturated heterocycles. The number of benzene rings is 1. The van der Waals surface area contributed by atoms with Gasteiger partial charge in [-0.2, -0.15) is 0 Å². The fraction of sp³-hybridized carbons (Fsp3) is 0.600. The number of nitrogens with one attached hydrogen (secondary N) is 1. The first-order chi connectivity index (χ1) is 7.99. The van der Waals surface area contributed by atoms with Gasteiger partial charge in [0.2, 0.25) is 0 Å². The van der Waals surface area contributed by atoms with Crippen LogP contribution in [0.2, 0.25) is 0 Å². The minimum absolute atomic E-state index is 0.216. The largest absolute Gasteiger partial charge is 0.329 e. The van der Waals surface area contributed by atoms with Crippen LogP contribution in [0.5, 0.6) is 0 Å². The van der Waals surface area contributed by atoms with Gasteiger partial charge in [-0.1, -0.05) is 52.0 Å². The Morgan fingerprint density at radius 2 is 1.76 bits per heavy atom. The fourth-order valence-electron chi connectivity index (χ4n) is 1.87. The van der Waals surface area contributed by atoms with Crippen LogP contribution in [0.25, 0.3) is 0 Å². The lowest BCUT2D eigenvalue weighted by Crippen LogP contribution is -2.28. The molecule has 1 rings (SSSR count). The van der Waals surface area contributed by atoms with Crippen molar-refractivity contribution in [3.8, 4) is 0 Å². The lowest BCUT2D eigenvalue weighted by molar-refractivity contribution is 0.538. The molecule has 0 heterocycles. The molecule has 2 heteroatoms. The second-order valence-corrected chi connectivity index (χ2v) is 5.61. The average molecular weight is 234 g/mol. The van der Waals surface area contributed by atoms with Gasteiger partial charge in [-0.05, 0) is 29.5 Å². The maximum absolute atomic E-state index is 5.81. The summed E-state index contributed by atoms with van der Waals surface area (Å²) in [7, 11) is 0. The molecule has 0 aromatic heterocycles. The van der Waals surface area contributed by atoms with Crippen LogP contribution in [0.1, 0.15) is 51.3 Å². The lowest BCUT2D eigenvalue weighted by atomic mass is 9.86. The van der Waals surface area contributed by atoms with Crippen LogP contribution < -0.4 is 11.1 Å². The van der Waals surface area contributed by atoms with Gasteiger partial charge < -0.3 is 11.1 Å². The number of rotatable bonds is 5. The zero-order valence-electron chi connectivity index (χ0n) is 11.6. The van der Waals surface area contributed by atoms with E-state index in [0.29, 0.717) is 6.54 Å². The van der Waals surface area contributed by atoms with Crippen LogP contribution in [0.15, 0.2) is 24.3 Å². The topological polar surface area (TPSA) is 38.0 Å². The smallest absolute Gasteiger partial charge is 0.0444 e. The maximum atomic E-state index is 5.81. The minimum atomic E-state index is 0.216. The summed E-state index contributed by atoms with van der Waals surface area (Å²) in [5.74, 6) is 0. The van der Waals surface area contributed by atoms with Gasteiger partial charge >= 0.3 is 0 Å². The molecule has 1 atom stereocenters. The van der Waals surface area contributed by atoms with E-state index in [9.17, 15) is 0 Å². The van der Waals surface area contributed by atoms with E-state index in [2.05, 4.69) is 57.3 Å². The quantitative estimate of drug-likeness (QED) is 0.822. The Hall–Kier alpha value is -0.860. The summed E-state index contributed by atoms with van der Waals surface area (Å²) in [5.41, 5.74) is 8.68. The number of hydrogen-bond donors (Lipinski definition) is 2. The molecule has 1 unspecified atom stereocenters. The van der Waals surface area contributed by atoms with Gasteiger partial charge in [0, 0.05) is 12.6 Å². The molecular weight excluding hydrogens is 208 g/mol. The maximum Gasteiger partial charge on any atom is 0.0444 e. The summed E-state index contributed by atoms with van der Waals surface area (Å²) in [4.78, 5) is 0. The van der Waals surface area contributed by atoms with Crippen LogP contribution in [-0.2, 0) is 5.41 Å². The Balaban J connectivity index is 2.78. The summed E-state index contributed by atoms with van der Waals surface area (Å²) in [5, 5.41) is 3.47. The fourth-order valence-corrected chi connectivity index (χ4v) is 1.87.